The third-order valence-corrected chi connectivity index (χ3v) is 2.21. The molecule has 0 aliphatic rings. The van der Waals surface area contributed by atoms with Gasteiger partial charge in [0.15, 0.2) is 0 Å². The van der Waals surface area contributed by atoms with Gasteiger partial charge in [-0.2, -0.15) is 0 Å². The summed E-state index contributed by atoms with van der Waals surface area (Å²) in [5.74, 6) is -1.60. The SMILES string of the molecule is CCOC(=O)Cc1nc(CN)c(F)cc1C(F)F. The lowest BCUT2D eigenvalue weighted by Gasteiger charge is -2.10. The van der Waals surface area contributed by atoms with E-state index in [1.165, 1.54) is 0 Å². The minimum atomic E-state index is -2.91. The number of alkyl halides is 2. The molecule has 0 radical (unpaired) electrons. The van der Waals surface area contributed by atoms with Crippen LogP contribution in [-0.2, 0) is 22.5 Å². The molecule has 4 nitrogen and oxygen atoms in total. The van der Waals surface area contributed by atoms with Crippen molar-refractivity contribution < 1.29 is 22.7 Å². The van der Waals surface area contributed by atoms with Crippen LogP contribution in [-0.4, -0.2) is 17.6 Å². The van der Waals surface area contributed by atoms with Gasteiger partial charge in [-0.15, -0.1) is 0 Å². The second kappa shape index (κ2) is 6.34. The van der Waals surface area contributed by atoms with Crippen molar-refractivity contribution in [2.24, 2.45) is 5.73 Å². The van der Waals surface area contributed by atoms with Crippen molar-refractivity contribution in [2.75, 3.05) is 6.61 Å². The molecule has 1 aromatic heterocycles. The van der Waals surface area contributed by atoms with E-state index in [-0.39, 0.29) is 24.5 Å². The molecule has 0 unspecified atom stereocenters. The van der Waals surface area contributed by atoms with Gasteiger partial charge in [0.25, 0.3) is 6.43 Å². The molecule has 1 rings (SSSR count). The Hall–Kier alpha value is -1.63. The first-order valence-corrected chi connectivity index (χ1v) is 5.31. The lowest BCUT2D eigenvalue weighted by atomic mass is 10.1. The molecule has 0 aliphatic carbocycles. The van der Waals surface area contributed by atoms with Gasteiger partial charge in [0, 0.05) is 12.1 Å². The Bertz CT molecular complexity index is 439. The molecular weight excluding hydrogens is 249 g/mol. The maximum absolute atomic E-state index is 13.3. The van der Waals surface area contributed by atoms with E-state index >= 15 is 0 Å². The number of hydrogen-bond acceptors (Lipinski definition) is 4. The van der Waals surface area contributed by atoms with Gasteiger partial charge < -0.3 is 10.5 Å². The van der Waals surface area contributed by atoms with Gasteiger partial charge in [-0.25, -0.2) is 13.2 Å². The summed E-state index contributed by atoms with van der Waals surface area (Å²) in [6.45, 7) is 1.49. The summed E-state index contributed by atoms with van der Waals surface area (Å²) in [5, 5.41) is 0. The number of esters is 1. The van der Waals surface area contributed by atoms with Gasteiger partial charge in [-0.1, -0.05) is 0 Å². The summed E-state index contributed by atoms with van der Waals surface area (Å²) in [6.07, 6.45) is -3.34. The van der Waals surface area contributed by atoms with E-state index in [1.54, 1.807) is 6.92 Å². The fraction of sp³-hybridized carbons (Fsp3) is 0.455. The minimum Gasteiger partial charge on any atom is -0.466 e. The highest BCUT2D eigenvalue weighted by atomic mass is 19.3. The monoisotopic (exact) mass is 262 g/mol. The predicted molar refractivity (Wildman–Crippen MR) is 57.4 cm³/mol. The van der Waals surface area contributed by atoms with Crippen molar-refractivity contribution >= 4 is 5.97 Å². The largest absolute Gasteiger partial charge is 0.466 e. The lowest BCUT2D eigenvalue weighted by molar-refractivity contribution is -0.142. The number of aromatic nitrogens is 1. The fourth-order valence-corrected chi connectivity index (χ4v) is 1.41. The Labute approximate surface area is 102 Å². The predicted octanol–water partition coefficient (Wildman–Crippen LogP) is 1.72. The molecule has 2 N–H and O–H groups in total. The second-order valence-electron chi connectivity index (χ2n) is 3.44. The van der Waals surface area contributed by atoms with Crippen LogP contribution in [0.5, 0.6) is 0 Å². The van der Waals surface area contributed by atoms with Gasteiger partial charge in [0.05, 0.1) is 24.4 Å². The smallest absolute Gasteiger partial charge is 0.311 e. The van der Waals surface area contributed by atoms with Crippen LogP contribution in [0.2, 0.25) is 0 Å². The highest BCUT2D eigenvalue weighted by Gasteiger charge is 2.20. The molecule has 1 aromatic rings. The molecule has 0 amide bonds. The number of carbonyl (C=O) groups excluding carboxylic acids is 1. The van der Waals surface area contributed by atoms with E-state index in [9.17, 15) is 18.0 Å². The first-order chi connectivity index (χ1) is 8.49. The Morgan fingerprint density at radius 2 is 2.17 bits per heavy atom. The van der Waals surface area contributed by atoms with Crippen LogP contribution in [0, 0.1) is 5.82 Å². The van der Waals surface area contributed by atoms with Crippen molar-refractivity contribution in [3.63, 3.8) is 0 Å². The van der Waals surface area contributed by atoms with E-state index in [4.69, 9.17) is 5.73 Å². The number of nitrogens with two attached hydrogens (primary N) is 1. The fourth-order valence-electron chi connectivity index (χ4n) is 1.41. The van der Waals surface area contributed by atoms with E-state index in [0.29, 0.717) is 6.07 Å². The van der Waals surface area contributed by atoms with Crippen molar-refractivity contribution in [3.05, 3.63) is 28.8 Å². The number of halogens is 3. The molecule has 0 atom stereocenters. The van der Waals surface area contributed by atoms with Crippen LogP contribution in [0.25, 0.3) is 0 Å². The number of nitrogens with zero attached hydrogens (tertiary/aromatic N) is 1. The number of ether oxygens (including phenoxy) is 1. The standard InChI is InChI=1S/C11H13F3N2O2/c1-2-18-10(17)4-8-6(11(13)14)3-7(12)9(5-15)16-8/h3,11H,2,4-5,15H2,1H3. The average Bonchev–Trinajstić information content (AvgIpc) is 2.30. The Morgan fingerprint density at radius 1 is 1.50 bits per heavy atom. The highest BCUT2D eigenvalue weighted by molar-refractivity contribution is 5.72. The quantitative estimate of drug-likeness (QED) is 0.820. The zero-order valence-corrected chi connectivity index (χ0v) is 9.75. The maximum Gasteiger partial charge on any atom is 0.311 e. The summed E-state index contributed by atoms with van der Waals surface area (Å²) in [4.78, 5) is 14.9. The van der Waals surface area contributed by atoms with Gasteiger partial charge in [0.2, 0.25) is 0 Å². The molecule has 18 heavy (non-hydrogen) atoms. The maximum atomic E-state index is 13.3. The molecule has 0 aromatic carbocycles. The minimum absolute atomic E-state index is 0.133. The van der Waals surface area contributed by atoms with Gasteiger partial charge >= 0.3 is 5.97 Å². The highest BCUT2D eigenvalue weighted by Crippen LogP contribution is 2.24. The van der Waals surface area contributed by atoms with Crippen molar-refractivity contribution in [3.8, 4) is 0 Å². The molecule has 0 aliphatic heterocycles. The number of hydrogen-bond donors (Lipinski definition) is 1. The molecule has 0 saturated heterocycles. The van der Waals surface area contributed by atoms with Crippen LogP contribution < -0.4 is 5.73 Å². The number of carbonyl (C=O) groups is 1. The number of pyridine rings is 1. The van der Waals surface area contributed by atoms with Crippen LogP contribution in [0.15, 0.2) is 6.07 Å². The van der Waals surface area contributed by atoms with E-state index < -0.39 is 30.2 Å². The van der Waals surface area contributed by atoms with Gasteiger partial charge in [0.1, 0.15) is 5.82 Å². The van der Waals surface area contributed by atoms with Crippen LogP contribution in [0.1, 0.15) is 30.3 Å². The Balaban J connectivity index is 3.10. The van der Waals surface area contributed by atoms with Gasteiger partial charge in [-0.3, -0.25) is 9.78 Å². The molecule has 100 valence electrons. The topological polar surface area (TPSA) is 65.2 Å². The van der Waals surface area contributed by atoms with Gasteiger partial charge in [-0.05, 0) is 13.0 Å². The molecule has 0 fully saturated rings. The van der Waals surface area contributed by atoms with E-state index in [1.807, 2.05) is 0 Å². The molecule has 0 spiro atoms. The molecule has 1 heterocycles. The zero-order chi connectivity index (χ0) is 13.7. The molecule has 7 heteroatoms. The van der Waals surface area contributed by atoms with E-state index in [2.05, 4.69) is 9.72 Å². The summed E-state index contributed by atoms with van der Waals surface area (Å²) in [7, 11) is 0. The summed E-state index contributed by atoms with van der Waals surface area (Å²) >= 11 is 0. The summed E-state index contributed by atoms with van der Waals surface area (Å²) in [6, 6.07) is 0.661. The van der Waals surface area contributed by atoms with Crippen LogP contribution in [0.4, 0.5) is 13.2 Å². The Kier molecular flexibility index (Phi) is 5.08. The summed E-state index contributed by atoms with van der Waals surface area (Å²) < 4.78 is 43.3. The molecular formula is C11H13F3N2O2. The van der Waals surface area contributed by atoms with Crippen molar-refractivity contribution in [1.29, 1.82) is 0 Å². The zero-order valence-electron chi connectivity index (χ0n) is 9.75. The van der Waals surface area contributed by atoms with Crippen molar-refractivity contribution in [1.82, 2.24) is 4.98 Å². The first kappa shape index (κ1) is 14.4. The van der Waals surface area contributed by atoms with Crippen molar-refractivity contribution in [2.45, 2.75) is 26.3 Å². The van der Waals surface area contributed by atoms with Crippen LogP contribution in [0.3, 0.4) is 0 Å². The third-order valence-electron chi connectivity index (χ3n) is 2.21. The first-order valence-electron chi connectivity index (χ1n) is 5.31. The average molecular weight is 262 g/mol. The summed E-state index contributed by atoms with van der Waals surface area (Å²) in [5.41, 5.74) is 4.26. The normalized spacial score (nSPS) is 10.8. The molecule has 0 bridgehead atoms. The third kappa shape index (κ3) is 3.43. The second-order valence-corrected chi connectivity index (χ2v) is 3.44. The van der Waals surface area contributed by atoms with E-state index in [0.717, 1.165) is 0 Å². The lowest BCUT2D eigenvalue weighted by Crippen LogP contribution is -2.14. The number of rotatable bonds is 5. The molecule has 0 saturated carbocycles. The van der Waals surface area contributed by atoms with Crippen LogP contribution >= 0.6 is 0 Å². The Morgan fingerprint density at radius 3 is 2.67 bits per heavy atom.